The summed E-state index contributed by atoms with van der Waals surface area (Å²) in [7, 11) is 0. The third-order valence-electron chi connectivity index (χ3n) is 3.36. The third kappa shape index (κ3) is 3.95. The van der Waals surface area contributed by atoms with Crippen LogP contribution in [0.1, 0.15) is 38.2 Å². The van der Waals surface area contributed by atoms with Crippen molar-refractivity contribution in [3.63, 3.8) is 0 Å². The molecule has 20 heavy (non-hydrogen) atoms. The Morgan fingerprint density at radius 3 is 2.15 bits per heavy atom. The Balaban J connectivity index is 2.07. The number of ketones is 1. The summed E-state index contributed by atoms with van der Waals surface area (Å²) in [4.78, 5) is 11.3. The Morgan fingerprint density at radius 1 is 1.00 bits per heavy atom. The summed E-state index contributed by atoms with van der Waals surface area (Å²) >= 11 is 0. The fourth-order valence-electron chi connectivity index (χ4n) is 2.28. The first-order valence-electron chi connectivity index (χ1n) is 7.01. The van der Waals surface area contributed by atoms with E-state index >= 15 is 0 Å². The van der Waals surface area contributed by atoms with Crippen molar-refractivity contribution in [2.75, 3.05) is 0 Å². The highest BCUT2D eigenvalue weighted by Gasteiger charge is 2.11. The predicted molar refractivity (Wildman–Crippen MR) is 81.3 cm³/mol. The highest BCUT2D eigenvalue weighted by molar-refractivity contribution is 5.76. The molecule has 0 saturated heterocycles. The number of hydrogen-bond acceptors (Lipinski definition) is 2. The van der Waals surface area contributed by atoms with E-state index in [4.69, 9.17) is 4.74 Å². The molecule has 0 bridgehead atoms. The van der Waals surface area contributed by atoms with Gasteiger partial charge in [0.25, 0.3) is 0 Å². The number of para-hydroxylation sites is 1. The molecule has 1 atom stereocenters. The molecule has 0 aliphatic heterocycles. The van der Waals surface area contributed by atoms with Crippen molar-refractivity contribution in [2.45, 2.75) is 32.6 Å². The first kappa shape index (κ1) is 14.3. The second-order valence-corrected chi connectivity index (χ2v) is 5.00. The number of carbonyl (C=O) groups is 1. The lowest BCUT2D eigenvalue weighted by Crippen LogP contribution is -2.03. The lowest BCUT2D eigenvalue weighted by molar-refractivity contribution is -0.117. The average molecular weight is 268 g/mol. The number of ether oxygens (including phenoxy) is 1. The van der Waals surface area contributed by atoms with E-state index in [1.54, 1.807) is 6.92 Å². The van der Waals surface area contributed by atoms with E-state index in [-0.39, 0.29) is 5.78 Å². The van der Waals surface area contributed by atoms with E-state index in [2.05, 4.69) is 19.1 Å². The Bertz CT molecular complexity index is 543. The molecule has 2 rings (SSSR count). The van der Waals surface area contributed by atoms with Crippen molar-refractivity contribution in [3.05, 3.63) is 60.2 Å². The molecule has 0 aliphatic carbocycles. The Morgan fingerprint density at radius 2 is 1.60 bits per heavy atom. The van der Waals surface area contributed by atoms with E-state index in [0.717, 1.165) is 17.9 Å². The minimum absolute atomic E-state index is 0.237. The van der Waals surface area contributed by atoms with Gasteiger partial charge in [0.05, 0.1) is 0 Å². The van der Waals surface area contributed by atoms with Gasteiger partial charge < -0.3 is 9.53 Å². The zero-order valence-corrected chi connectivity index (χ0v) is 12.0. The fraction of sp³-hybridized carbons (Fsp3) is 0.278. The normalized spacial score (nSPS) is 11.9. The summed E-state index contributed by atoms with van der Waals surface area (Å²) in [5.74, 6) is 2.19. The van der Waals surface area contributed by atoms with Crippen LogP contribution in [0.25, 0.3) is 0 Å². The van der Waals surface area contributed by atoms with Crippen molar-refractivity contribution < 1.29 is 9.53 Å². The zero-order chi connectivity index (χ0) is 14.4. The number of carbonyl (C=O) groups excluding carboxylic acids is 1. The van der Waals surface area contributed by atoms with Crippen LogP contribution in [0.2, 0.25) is 0 Å². The molecule has 0 fully saturated rings. The van der Waals surface area contributed by atoms with E-state index in [0.29, 0.717) is 12.3 Å². The van der Waals surface area contributed by atoms with Crippen LogP contribution in [-0.2, 0) is 4.79 Å². The maximum atomic E-state index is 11.3. The lowest BCUT2D eigenvalue weighted by atomic mass is 9.92. The van der Waals surface area contributed by atoms with Gasteiger partial charge in [0, 0.05) is 6.42 Å². The van der Waals surface area contributed by atoms with Crippen molar-refractivity contribution in [3.8, 4) is 11.5 Å². The summed E-state index contributed by atoms with van der Waals surface area (Å²) in [5.41, 5.74) is 1.20. The molecule has 104 valence electrons. The van der Waals surface area contributed by atoms with Crippen LogP contribution >= 0.6 is 0 Å². The molecule has 2 aromatic carbocycles. The summed E-state index contributed by atoms with van der Waals surface area (Å²) in [6.07, 6.45) is 1.58. The van der Waals surface area contributed by atoms with E-state index in [1.165, 1.54) is 5.56 Å². The maximum Gasteiger partial charge on any atom is 0.130 e. The Labute approximate surface area is 120 Å². The van der Waals surface area contributed by atoms with Crippen LogP contribution in [0.15, 0.2) is 54.6 Å². The molecule has 2 heteroatoms. The molecule has 0 N–H and O–H groups in total. The van der Waals surface area contributed by atoms with Crippen molar-refractivity contribution in [1.29, 1.82) is 0 Å². The van der Waals surface area contributed by atoms with Gasteiger partial charge in [-0.05, 0) is 49.1 Å². The minimum Gasteiger partial charge on any atom is -0.457 e. The molecule has 2 nitrogen and oxygen atoms in total. The molecule has 0 aromatic heterocycles. The van der Waals surface area contributed by atoms with Gasteiger partial charge in [-0.2, -0.15) is 0 Å². The highest BCUT2D eigenvalue weighted by atomic mass is 16.5. The first-order chi connectivity index (χ1) is 9.69. The molecule has 0 aliphatic rings. The number of Topliss-reactive ketones (excluding diaryl/α,β-unsaturated/α-hetero) is 1. The van der Waals surface area contributed by atoms with Gasteiger partial charge in [-0.3, -0.25) is 0 Å². The van der Waals surface area contributed by atoms with E-state index in [9.17, 15) is 4.79 Å². The molecule has 0 amide bonds. The Kier molecular flexibility index (Phi) is 4.94. The highest BCUT2D eigenvalue weighted by Crippen LogP contribution is 2.27. The molecule has 0 spiro atoms. The maximum absolute atomic E-state index is 11.3. The second-order valence-electron chi connectivity index (χ2n) is 5.00. The second kappa shape index (κ2) is 6.90. The first-order valence-corrected chi connectivity index (χ1v) is 7.01. The van der Waals surface area contributed by atoms with Crippen molar-refractivity contribution >= 4 is 5.78 Å². The summed E-state index contributed by atoms with van der Waals surface area (Å²) in [6.45, 7) is 3.76. The predicted octanol–water partition coefficient (Wildman–Crippen LogP) is 4.95. The molecular weight excluding hydrogens is 248 g/mol. The van der Waals surface area contributed by atoms with Crippen LogP contribution in [0.3, 0.4) is 0 Å². The third-order valence-corrected chi connectivity index (χ3v) is 3.36. The SMILES string of the molecule is CCC(CC(C)=O)c1ccc(Oc2ccccc2)cc1. The topological polar surface area (TPSA) is 26.3 Å². The number of benzene rings is 2. The smallest absolute Gasteiger partial charge is 0.130 e. The minimum atomic E-state index is 0.237. The number of rotatable bonds is 6. The lowest BCUT2D eigenvalue weighted by Gasteiger charge is -2.14. The van der Waals surface area contributed by atoms with Crippen molar-refractivity contribution in [2.24, 2.45) is 0 Å². The molecular formula is C18H20O2. The summed E-state index contributed by atoms with van der Waals surface area (Å²) in [6, 6.07) is 17.7. The average Bonchev–Trinajstić information content (AvgIpc) is 2.46. The van der Waals surface area contributed by atoms with Crippen molar-refractivity contribution in [1.82, 2.24) is 0 Å². The number of hydrogen-bond donors (Lipinski definition) is 0. The summed E-state index contributed by atoms with van der Waals surface area (Å²) < 4.78 is 5.76. The molecule has 0 saturated carbocycles. The van der Waals surface area contributed by atoms with Crippen LogP contribution in [0, 0.1) is 0 Å². The van der Waals surface area contributed by atoms with Crippen LogP contribution in [0.4, 0.5) is 0 Å². The summed E-state index contributed by atoms with van der Waals surface area (Å²) in [5, 5.41) is 0. The van der Waals surface area contributed by atoms with Gasteiger partial charge >= 0.3 is 0 Å². The zero-order valence-electron chi connectivity index (χ0n) is 12.0. The Hall–Kier alpha value is -2.09. The van der Waals surface area contributed by atoms with E-state index in [1.807, 2.05) is 42.5 Å². The van der Waals surface area contributed by atoms with Gasteiger partial charge in [0.15, 0.2) is 0 Å². The van der Waals surface area contributed by atoms with Gasteiger partial charge in [-0.15, -0.1) is 0 Å². The monoisotopic (exact) mass is 268 g/mol. The molecule has 2 aromatic rings. The largest absolute Gasteiger partial charge is 0.457 e. The molecule has 1 unspecified atom stereocenters. The van der Waals surface area contributed by atoms with Crippen LogP contribution in [-0.4, -0.2) is 5.78 Å². The molecule has 0 heterocycles. The van der Waals surface area contributed by atoms with Gasteiger partial charge in [-0.1, -0.05) is 37.3 Å². The molecule has 0 radical (unpaired) electrons. The van der Waals surface area contributed by atoms with Crippen LogP contribution in [0.5, 0.6) is 11.5 Å². The van der Waals surface area contributed by atoms with Gasteiger partial charge in [-0.25, -0.2) is 0 Å². The van der Waals surface area contributed by atoms with Gasteiger partial charge in [0.2, 0.25) is 0 Å². The van der Waals surface area contributed by atoms with E-state index < -0.39 is 0 Å². The fourth-order valence-corrected chi connectivity index (χ4v) is 2.28. The quantitative estimate of drug-likeness (QED) is 0.740. The standard InChI is InChI=1S/C18H20O2/c1-3-15(13-14(2)19)16-9-11-18(12-10-16)20-17-7-5-4-6-8-17/h4-12,15H,3,13H2,1-2H3. The van der Waals surface area contributed by atoms with Gasteiger partial charge in [0.1, 0.15) is 17.3 Å². The van der Waals surface area contributed by atoms with Crippen LogP contribution < -0.4 is 4.74 Å².